The minimum absolute atomic E-state index is 0.458. The van der Waals surface area contributed by atoms with Crippen molar-refractivity contribution in [1.29, 1.82) is 0 Å². The van der Waals surface area contributed by atoms with Gasteiger partial charge in [-0.15, -0.1) is 0 Å². The average Bonchev–Trinajstić information content (AvgIpc) is 2.47. The number of benzene rings is 2. The maximum atomic E-state index is 5.98. The predicted octanol–water partition coefficient (Wildman–Crippen LogP) is 5.59. The highest BCUT2D eigenvalue weighted by Gasteiger charge is 2.07. The summed E-state index contributed by atoms with van der Waals surface area (Å²) in [5.74, 6) is 1.63. The highest BCUT2D eigenvalue weighted by Crippen LogP contribution is 2.28. The molecule has 0 aliphatic carbocycles. The normalized spacial score (nSPS) is 10.4. The average molecular weight is 421 g/mol. The second-order valence-electron chi connectivity index (χ2n) is 4.13. The summed E-state index contributed by atoms with van der Waals surface area (Å²) in [4.78, 5) is 0. The van der Waals surface area contributed by atoms with Gasteiger partial charge in [-0.1, -0.05) is 43.5 Å². The molecule has 0 N–H and O–H groups in total. The highest BCUT2D eigenvalue weighted by molar-refractivity contribution is 9.10. The van der Waals surface area contributed by atoms with E-state index in [1.807, 2.05) is 36.4 Å². The van der Waals surface area contributed by atoms with Gasteiger partial charge in [-0.2, -0.15) is 0 Å². The molecule has 0 atom stereocenters. The van der Waals surface area contributed by atoms with Crippen molar-refractivity contribution >= 4 is 43.5 Å². The third-order valence-corrected chi connectivity index (χ3v) is 4.42. The summed E-state index contributed by atoms with van der Waals surface area (Å²) >= 11 is 12.9. The molecule has 0 aliphatic rings. The third kappa shape index (κ3) is 3.90. The summed E-state index contributed by atoms with van der Waals surface area (Å²) in [5.41, 5.74) is 2.05. The number of hydrogen-bond acceptors (Lipinski definition) is 2. The van der Waals surface area contributed by atoms with Crippen LogP contribution >= 0.6 is 43.5 Å². The van der Waals surface area contributed by atoms with Crippen LogP contribution in [0.25, 0.3) is 0 Å². The summed E-state index contributed by atoms with van der Waals surface area (Å²) in [7, 11) is 1.65. The van der Waals surface area contributed by atoms with Gasteiger partial charge < -0.3 is 9.47 Å². The van der Waals surface area contributed by atoms with E-state index < -0.39 is 0 Å². The van der Waals surface area contributed by atoms with Crippen molar-refractivity contribution in [1.82, 2.24) is 0 Å². The smallest absolute Gasteiger partial charge is 0.123 e. The fourth-order valence-corrected chi connectivity index (χ4v) is 2.73. The molecular formula is C15H13Br2ClO2. The second kappa shape index (κ2) is 7.34. The Bertz CT molecular complexity index is 602. The van der Waals surface area contributed by atoms with E-state index in [2.05, 4.69) is 31.9 Å². The maximum Gasteiger partial charge on any atom is 0.123 e. The Kier molecular flexibility index (Phi) is 5.75. The molecule has 0 fully saturated rings. The summed E-state index contributed by atoms with van der Waals surface area (Å²) in [5, 5.41) is 1.40. The van der Waals surface area contributed by atoms with Gasteiger partial charge in [0.1, 0.15) is 18.1 Å². The van der Waals surface area contributed by atoms with E-state index in [-0.39, 0.29) is 0 Å². The molecule has 20 heavy (non-hydrogen) atoms. The van der Waals surface area contributed by atoms with E-state index in [9.17, 15) is 0 Å². The molecule has 0 aliphatic heterocycles. The summed E-state index contributed by atoms with van der Waals surface area (Å²) in [6.45, 7) is 0.458. The molecular weight excluding hydrogens is 407 g/mol. The van der Waals surface area contributed by atoms with Crippen LogP contribution in [0.5, 0.6) is 11.5 Å². The Hall–Kier alpha value is -0.710. The summed E-state index contributed by atoms with van der Waals surface area (Å²) in [6, 6.07) is 11.4. The lowest BCUT2D eigenvalue weighted by atomic mass is 10.2. The van der Waals surface area contributed by atoms with E-state index in [0.29, 0.717) is 17.0 Å². The van der Waals surface area contributed by atoms with Crippen molar-refractivity contribution in [2.75, 3.05) is 7.11 Å². The standard InChI is InChI=1S/C15H13Br2ClO2/c1-19-13-3-4-14(17)11(7-13)9-20-15-5-2-12(18)6-10(15)8-16/h2-7H,8-9H2,1H3. The fraction of sp³-hybridized carbons (Fsp3) is 0.200. The van der Waals surface area contributed by atoms with Crippen LogP contribution in [-0.2, 0) is 11.9 Å². The van der Waals surface area contributed by atoms with Crippen molar-refractivity contribution in [3.05, 3.63) is 57.0 Å². The maximum absolute atomic E-state index is 5.98. The number of methoxy groups -OCH3 is 1. The molecule has 0 saturated heterocycles. The van der Waals surface area contributed by atoms with Gasteiger partial charge in [-0.3, -0.25) is 0 Å². The Morgan fingerprint density at radius 3 is 2.60 bits per heavy atom. The van der Waals surface area contributed by atoms with Gasteiger partial charge in [0.25, 0.3) is 0 Å². The molecule has 2 aromatic rings. The fourth-order valence-electron chi connectivity index (χ4n) is 1.74. The number of ether oxygens (including phenoxy) is 2. The first kappa shape index (κ1) is 15.7. The lowest BCUT2D eigenvalue weighted by Crippen LogP contribution is -1.99. The molecule has 2 nitrogen and oxygen atoms in total. The third-order valence-electron chi connectivity index (χ3n) is 2.80. The molecule has 2 rings (SSSR count). The molecule has 0 unspecified atom stereocenters. The monoisotopic (exact) mass is 418 g/mol. The zero-order valence-electron chi connectivity index (χ0n) is 10.8. The Labute approximate surface area is 140 Å². The number of halogens is 3. The van der Waals surface area contributed by atoms with E-state index >= 15 is 0 Å². The molecule has 0 amide bonds. The lowest BCUT2D eigenvalue weighted by Gasteiger charge is -2.12. The van der Waals surface area contributed by atoms with Crippen LogP contribution in [0.3, 0.4) is 0 Å². The van der Waals surface area contributed by atoms with Crippen LogP contribution in [0.2, 0.25) is 5.02 Å². The Balaban J connectivity index is 2.16. The molecule has 0 aromatic heterocycles. The molecule has 2 aromatic carbocycles. The minimum atomic E-state index is 0.458. The van der Waals surface area contributed by atoms with Gasteiger partial charge in [-0.25, -0.2) is 0 Å². The lowest BCUT2D eigenvalue weighted by molar-refractivity contribution is 0.302. The van der Waals surface area contributed by atoms with E-state index in [0.717, 1.165) is 27.1 Å². The van der Waals surface area contributed by atoms with Crippen molar-refractivity contribution < 1.29 is 9.47 Å². The highest BCUT2D eigenvalue weighted by atomic mass is 79.9. The molecule has 0 radical (unpaired) electrons. The van der Waals surface area contributed by atoms with Gasteiger partial charge in [0.15, 0.2) is 0 Å². The van der Waals surface area contributed by atoms with Crippen molar-refractivity contribution in [3.8, 4) is 11.5 Å². The van der Waals surface area contributed by atoms with Gasteiger partial charge in [0, 0.05) is 26.0 Å². The van der Waals surface area contributed by atoms with Crippen molar-refractivity contribution in [2.24, 2.45) is 0 Å². The SMILES string of the molecule is COc1ccc(Br)c(COc2ccc(Cl)cc2CBr)c1. The number of hydrogen-bond donors (Lipinski definition) is 0. The zero-order valence-corrected chi connectivity index (χ0v) is 14.8. The Morgan fingerprint density at radius 1 is 1.10 bits per heavy atom. The van der Waals surface area contributed by atoms with Crippen LogP contribution in [0.15, 0.2) is 40.9 Å². The molecule has 0 saturated carbocycles. The van der Waals surface area contributed by atoms with Gasteiger partial charge in [0.2, 0.25) is 0 Å². The van der Waals surface area contributed by atoms with E-state index in [4.69, 9.17) is 21.1 Å². The van der Waals surface area contributed by atoms with Crippen LogP contribution in [0, 0.1) is 0 Å². The van der Waals surface area contributed by atoms with Crippen LogP contribution in [0.4, 0.5) is 0 Å². The number of alkyl halides is 1. The Morgan fingerprint density at radius 2 is 1.90 bits per heavy atom. The zero-order chi connectivity index (χ0) is 14.5. The molecule has 0 heterocycles. The second-order valence-corrected chi connectivity index (χ2v) is 5.98. The van der Waals surface area contributed by atoms with Gasteiger partial charge in [-0.05, 0) is 36.4 Å². The van der Waals surface area contributed by atoms with Gasteiger partial charge >= 0.3 is 0 Å². The van der Waals surface area contributed by atoms with Crippen LogP contribution < -0.4 is 9.47 Å². The van der Waals surface area contributed by atoms with Crippen LogP contribution in [-0.4, -0.2) is 7.11 Å². The molecule has 0 spiro atoms. The molecule has 5 heteroatoms. The van der Waals surface area contributed by atoms with E-state index in [1.54, 1.807) is 7.11 Å². The first-order chi connectivity index (χ1) is 9.63. The van der Waals surface area contributed by atoms with Gasteiger partial charge in [0.05, 0.1) is 7.11 Å². The first-order valence-corrected chi connectivity index (χ1v) is 8.23. The number of rotatable bonds is 5. The van der Waals surface area contributed by atoms with Crippen molar-refractivity contribution in [3.63, 3.8) is 0 Å². The van der Waals surface area contributed by atoms with E-state index in [1.165, 1.54) is 0 Å². The van der Waals surface area contributed by atoms with Crippen molar-refractivity contribution in [2.45, 2.75) is 11.9 Å². The predicted molar refractivity (Wildman–Crippen MR) is 89.1 cm³/mol. The molecule has 106 valence electrons. The largest absolute Gasteiger partial charge is 0.497 e. The topological polar surface area (TPSA) is 18.5 Å². The molecule has 0 bridgehead atoms. The minimum Gasteiger partial charge on any atom is -0.497 e. The summed E-state index contributed by atoms with van der Waals surface area (Å²) in [6.07, 6.45) is 0. The first-order valence-electron chi connectivity index (χ1n) is 5.93. The van der Waals surface area contributed by atoms with Crippen LogP contribution in [0.1, 0.15) is 11.1 Å². The quantitative estimate of drug-likeness (QED) is 0.588. The summed E-state index contributed by atoms with van der Waals surface area (Å²) < 4.78 is 12.1.